The van der Waals surface area contributed by atoms with E-state index in [-0.39, 0.29) is 0 Å². The van der Waals surface area contributed by atoms with E-state index in [0.29, 0.717) is 0 Å². The molecule has 0 aromatic heterocycles. The molecule has 0 saturated heterocycles. The summed E-state index contributed by atoms with van der Waals surface area (Å²) in [7, 11) is -2.60. The number of hydrogen-bond donors (Lipinski definition) is 1. The van der Waals surface area contributed by atoms with Crippen LogP contribution < -0.4 is 9.32 Å². The quantitative estimate of drug-likeness (QED) is 0.364. The van der Waals surface area contributed by atoms with Crippen LogP contribution in [0.2, 0.25) is 0 Å². The highest BCUT2D eigenvalue weighted by atomic mass is 35.6. The fourth-order valence-corrected chi connectivity index (χ4v) is 0. The molecule has 0 aromatic rings. The van der Waals surface area contributed by atoms with Crippen LogP contribution >= 0.6 is 0 Å². The molecule has 3 nitrogen and oxygen atoms in total. The summed E-state index contributed by atoms with van der Waals surface area (Å²) >= 11 is 0. The van der Waals surface area contributed by atoms with Crippen LogP contribution in [0.3, 0.4) is 0 Å². The molecule has 1 N–H and O–H groups in total. The molecule has 0 heterocycles. The SMILES string of the molecule is C=C.[O-][Cl+2]([O-])O. The zero-order valence-electron chi connectivity index (χ0n) is 3.06. The summed E-state index contributed by atoms with van der Waals surface area (Å²) in [5, 5.41) is 0. The van der Waals surface area contributed by atoms with Gasteiger partial charge in [0.1, 0.15) is 0 Å². The zero-order valence-corrected chi connectivity index (χ0v) is 3.81. The Hall–Kier alpha value is -0.0900. The summed E-state index contributed by atoms with van der Waals surface area (Å²) in [4.78, 5) is 0. The highest BCUT2D eigenvalue weighted by molar-refractivity contribution is 4.22. The smallest absolute Gasteiger partial charge is 0.282 e. The Bertz CT molecular complexity index is 20.0. The van der Waals surface area contributed by atoms with Crippen molar-refractivity contribution in [3.63, 3.8) is 0 Å². The maximum atomic E-state index is 8.52. The lowest BCUT2D eigenvalue weighted by Crippen LogP contribution is -2.30. The van der Waals surface area contributed by atoms with Crippen LogP contribution in [0.1, 0.15) is 0 Å². The Morgan fingerprint density at radius 3 is 1.33 bits per heavy atom. The third kappa shape index (κ3) is 4090. The van der Waals surface area contributed by atoms with E-state index in [4.69, 9.17) is 14.0 Å². The van der Waals surface area contributed by atoms with E-state index < -0.39 is 10.8 Å². The third-order valence-electron chi connectivity index (χ3n) is 0. The molecule has 0 amide bonds. The molecular weight excluding hydrogens is 107 g/mol. The molecule has 0 aliphatic heterocycles. The van der Waals surface area contributed by atoms with E-state index in [1.807, 2.05) is 0 Å². The first-order chi connectivity index (χ1) is 2.73. The first-order valence-corrected chi connectivity index (χ1v) is 1.93. The van der Waals surface area contributed by atoms with Gasteiger partial charge in [0.05, 0.1) is 0 Å². The molecule has 0 aromatic carbocycles. The van der Waals surface area contributed by atoms with Crippen LogP contribution in [0.15, 0.2) is 13.2 Å². The van der Waals surface area contributed by atoms with Gasteiger partial charge in [0, 0.05) is 4.66 Å². The highest BCUT2D eigenvalue weighted by Gasteiger charge is 1.79. The van der Waals surface area contributed by atoms with Crippen molar-refractivity contribution < 1.29 is 24.8 Å². The zero-order chi connectivity index (χ0) is 5.58. The maximum absolute atomic E-state index is 8.52. The summed E-state index contributed by atoms with van der Waals surface area (Å²) < 4.78 is 24.0. The fraction of sp³-hybridized carbons (Fsp3) is 0. The van der Waals surface area contributed by atoms with E-state index in [1.54, 1.807) is 0 Å². The van der Waals surface area contributed by atoms with Crippen molar-refractivity contribution in [2.45, 2.75) is 0 Å². The predicted octanol–water partition coefficient (Wildman–Crippen LogP) is -2.13. The second-order valence-electron chi connectivity index (χ2n) is 0.201. The lowest BCUT2D eigenvalue weighted by Gasteiger charge is -1.72. The lowest BCUT2D eigenvalue weighted by atomic mass is 11.3. The minimum atomic E-state index is -2.60. The summed E-state index contributed by atoms with van der Waals surface area (Å²) in [5.74, 6) is 0. The molecule has 0 unspecified atom stereocenters. The summed E-state index contributed by atoms with van der Waals surface area (Å²) in [6.07, 6.45) is 0. The molecule has 0 bridgehead atoms. The average Bonchev–Trinajstić information content (AvgIpc) is 1.41. The van der Waals surface area contributed by atoms with Gasteiger partial charge in [-0.3, -0.25) is 0 Å². The number of hydrogen-bond acceptors (Lipinski definition) is 3. The molecule has 0 radical (unpaired) electrons. The van der Waals surface area contributed by atoms with Gasteiger partial charge in [0.25, 0.3) is 10.8 Å². The number of halogens is 1. The van der Waals surface area contributed by atoms with Crippen molar-refractivity contribution in [1.82, 2.24) is 0 Å². The number of rotatable bonds is 0. The van der Waals surface area contributed by atoms with Crippen molar-refractivity contribution in [3.8, 4) is 0 Å². The molecule has 0 fully saturated rings. The molecule has 0 atom stereocenters. The van der Waals surface area contributed by atoms with Crippen molar-refractivity contribution in [2.24, 2.45) is 0 Å². The average molecular weight is 113 g/mol. The van der Waals surface area contributed by atoms with Crippen LogP contribution in [0.5, 0.6) is 0 Å². The Kier molecular flexibility index (Phi) is 13.8. The van der Waals surface area contributed by atoms with Gasteiger partial charge in [-0.2, -0.15) is 0 Å². The van der Waals surface area contributed by atoms with E-state index in [0.717, 1.165) is 0 Å². The lowest BCUT2D eigenvalue weighted by molar-refractivity contribution is -1.63. The van der Waals surface area contributed by atoms with Crippen LogP contribution in [0.25, 0.3) is 0 Å². The Morgan fingerprint density at radius 2 is 1.33 bits per heavy atom. The maximum Gasteiger partial charge on any atom is 0.282 e. The summed E-state index contributed by atoms with van der Waals surface area (Å²) in [6, 6.07) is 0. The van der Waals surface area contributed by atoms with Gasteiger partial charge in [-0.15, -0.1) is 13.2 Å². The summed E-state index contributed by atoms with van der Waals surface area (Å²) in [6.45, 7) is 6.00. The van der Waals surface area contributed by atoms with Gasteiger partial charge in [0.15, 0.2) is 0 Å². The molecule has 0 saturated carbocycles. The Morgan fingerprint density at radius 1 is 1.33 bits per heavy atom. The minimum absolute atomic E-state index is 2.60. The monoisotopic (exact) mass is 112 g/mol. The second-order valence-corrected chi connectivity index (χ2v) is 0.603. The van der Waals surface area contributed by atoms with E-state index in [2.05, 4.69) is 13.2 Å². The van der Waals surface area contributed by atoms with Crippen LogP contribution in [0.4, 0.5) is 0 Å². The van der Waals surface area contributed by atoms with Crippen molar-refractivity contribution >= 4 is 0 Å². The van der Waals surface area contributed by atoms with Crippen molar-refractivity contribution in [3.05, 3.63) is 13.2 Å². The molecule has 0 spiro atoms. The van der Waals surface area contributed by atoms with Gasteiger partial charge in [-0.05, 0) is 0 Å². The molecule has 0 rings (SSSR count). The molecule has 4 heteroatoms. The van der Waals surface area contributed by atoms with Crippen LogP contribution in [0, 0.1) is 10.8 Å². The van der Waals surface area contributed by atoms with Gasteiger partial charge >= 0.3 is 0 Å². The first-order valence-electron chi connectivity index (χ1n) is 0.978. The van der Waals surface area contributed by atoms with Crippen LogP contribution in [-0.2, 0) is 0 Å². The topological polar surface area (TPSA) is 66.3 Å². The van der Waals surface area contributed by atoms with E-state index in [1.165, 1.54) is 0 Å². The standard InChI is InChI=1S/C2H4.ClHO3/c1-2;2-1(3)4/h1-2H2;2H. The second kappa shape index (κ2) is 8.86. The predicted molar refractivity (Wildman–Crippen MR) is 13.5 cm³/mol. The normalized spacial score (nSPS) is 6.67. The Balaban J connectivity index is 0. The fourth-order valence-electron chi connectivity index (χ4n) is 0. The molecule has 0 aliphatic carbocycles. The molecular formula is C2H5ClO3. The first kappa shape index (κ1) is 9.32. The Labute approximate surface area is 38.9 Å². The largest absolute Gasteiger partial charge is 0.321 e. The van der Waals surface area contributed by atoms with Gasteiger partial charge in [-0.1, -0.05) is 0 Å². The van der Waals surface area contributed by atoms with Gasteiger partial charge in [0.2, 0.25) is 0 Å². The van der Waals surface area contributed by atoms with Crippen molar-refractivity contribution in [2.75, 3.05) is 0 Å². The molecule has 6 heavy (non-hydrogen) atoms. The van der Waals surface area contributed by atoms with Crippen LogP contribution in [-0.4, -0.2) is 4.66 Å². The third-order valence-corrected chi connectivity index (χ3v) is 0. The van der Waals surface area contributed by atoms with Gasteiger partial charge < -0.3 is 9.32 Å². The molecule has 0 aliphatic rings. The summed E-state index contributed by atoms with van der Waals surface area (Å²) in [5.41, 5.74) is 0. The highest BCUT2D eigenvalue weighted by Crippen LogP contribution is 1.38. The molecule has 38 valence electrons. The minimum Gasteiger partial charge on any atom is -0.321 e. The van der Waals surface area contributed by atoms with Crippen molar-refractivity contribution in [1.29, 1.82) is 0 Å². The van der Waals surface area contributed by atoms with Gasteiger partial charge in [-0.25, -0.2) is 0 Å². The van der Waals surface area contributed by atoms with E-state index in [9.17, 15) is 0 Å². The van der Waals surface area contributed by atoms with E-state index >= 15 is 0 Å².